The summed E-state index contributed by atoms with van der Waals surface area (Å²) in [5, 5.41) is 7.90. The molecule has 7 heteroatoms. The van der Waals surface area contributed by atoms with E-state index in [2.05, 4.69) is 15.5 Å². The molecule has 24 heavy (non-hydrogen) atoms. The molecule has 3 rings (SSSR count). The van der Waals surface area contributed by atoms with Gasteiger partial charge in [-0.2, -0.15) is 0 Å². The second-order valence-corrected chi connectivity index (χ2v) is 7.00. The van der Waals surface area contributed by atoms with Gasteiger partial charge in [0.15, 0.2) is 5.13 Å². The molecule has 0 aliphatic carbocycles. The smallest absolute Gasteiger partial charge is 0.262 e. The molecule has 0 unspecified atom stereocenters. The maximum absolute atomic E-state index is 12.3. The maximum atomic E-state index is 12.3. The Morgan fingerprint density at radius 3 is 2.83 bits per heavy atom. The van der Waals surface area contributed by atoms with Gasteiger partial charge in [-0.1, -0.05) is 35.0 Å². The van der Waals surface area contributed by atoms with Crippen LogP contribution in [0.4, 0.5) is 5.13 Å². The molecule has 0 saturated carbocycles. The number of nitrogens with zero attached hydrogens (tertiary/aromatic N) is 2. The van der Waals surface area contributed by atoms with Crippen molar-refractivity contribution in [2.75, 3.05) is 5.32 Å². The summed E-state index contributed by atoms with van der Waals surface area (Å²) in [5.74, 6) is 0.231. The van der Waals surface area contributed by atoms with E-state index in [1.165, 1.54) is 11.3 Å². The van der Waals surface area contributed by atoms with Crippen molar-refractivity contribution >= 4 is 34.0 Å². The van der Waals surface area contributed by atoms with Gasteiger partial charge >= 0.3 is 0 Å². The van der Waals surface area contributed by atoms with E-state index < -0.39 is 0 Å². The number of rotatable bonds is 4. The largest absolute Gasteiger partial charge is 0.361 e. The lowest BCUT2D eigenvalue weighted by atomic mass is 10.1. The fourth-order valence-corrected chi connectivity index (χ4v) is 3.47. The van der Waals surface area contributed by atoms with Crippen molar-refractivity contribution in [1.29, 1.82) is 0 Å². The van der Waals surface area contributed by atoms with Gasteiger partial charge in [0.25, 0.3) is 5.91 Å². The van der Waals surface area contributed by atoms with E-state index in [9.17, 15) is 4.79 Å². The highest BCUT2D eigenvalue weighted by Gasteiger charge is 2.18. The van der Waals surface area contributed by atoms with Crippen molar-refractivity contribution in [3.8, 4) is 0 Å². The molecule has 0 aliphatic rings. The van der Waals surface area contributed by atoms with Crippen LogP contribution in [-0.2, 0) is 6.42 Å². The van der Waals surface area contributed by atoms with E-state index in [0.29, 0.717) is 28.6 Å². The van der Waals surface area contributed by atoms with Gasteiger partial charge in [0.2, 0.25) is 0 Å². The number of aromatic nitrogens is 2. The third kappa shape index (κ3) is 3.34. The monoisotopic (exact) mass is 361 g/mol. The minimum Gasteiger partial charge on any atom is -0.361 e. The normalized spacial score (nSPS) is 10.8. The number of hydrogen-bond donors (Lipinski definition) is 1. The van der Waals surface area contributed by atoms with Crippen LogP contribution in [0.3, 0.4) is 0 Å². The second kappa shape index (κ2) is 6.75. The van der Waals surface area contributed by atoms with Crippen molar-refractivity contribution < 1.29 is 9.32 Å². The predicted octanol–water partition coefficient (Wildman–Crippen LogP) is 4.55. The van der Waals surface area contributed by atoms with Gasteiger partial charge in [0.1, 0.15) is 11.3 Å². The number of nitrogens with one attached hydrogen (secondary N) is 1. The number of anilines is 1. The zero-order valence-corrected chi connectivity index (χ0v) is 15.1. The van der Waals surface area contributed by atoms with Gasteiger partial charge in [0.05, 0.1) is 5.69 Å². The molecule has 124 valence electrons. The molecule has 0 bridgehead atoms. The number of halogens is 1. The van der Waals surface area contributed by atoms with Crippen LogP contribution in [-0.4, -0.2) is 16.0 Å². The molecule has 2 aromatic heterocycles. The standard InChI is InChI=1S/C17H16ClN3O2S/c1-9-5-4-6-12(15(9)18)7-13-8-19-17(24-13)20-16(22)14-10(2)21-23-11(14)3/h4-6,8H,7H2,1-3H3,(H,19,20,22). The van der Waals surface area contributed by atoms with Crippen LogP contribution in [0.1, 0.15) is 37.8 Å². The van der Waals surface area contributed by atoms with Crippen LogP contribution >= 0.6 is 22.9 Å². The summed E-state index contributed by atoms with van der Waals surface area (Å²) in [7, 11) is 0. The summed E-state index contributed by atoms with van der Waals surface area (Å²) < 4.78 is 5.02. The number of carbonyl (C=O) groups excluding carboxylic acids is 1. The van der Waals surface area contributed by atoms with Crippen LogP contribution in [0.15, 0.2) is 28.9 Å². The minimum atomic E-state index is -0.263. The first-order valence-electron chi connectivity index (χ1n) is 7.38. The fraction of sp³-hybridized carbons (Fsp3) is 0.235. The molecule has 0 aliphatic heterocycles. The third-order valence-corrected chi connectivity index (χ3v) is 5.12. The van der Waals surface area contributed by atoms with Crippen LogP contribution in [0.2, 0.25) is 5.02 Å². The molecular weight excluding hydrogens is 346 g/mol. The van der Waals surface area contributed by atoms with E-state index in [-0.39, 0.29) is 5.91 Å². The number of thiazole rings is 1. The number of benzene rings is 1. The SMILES string of the molecule is Cc1cccc(Cc2cnc(NC(=O)c3c(C)noc3C)s2)c1Cl. The van der Waals surface area contributed by atoms with Crippen molar-refractivity contribution in [3.05, 3.63) is 62.4 Å². The first-order chi connectivity index (χ1) is 11.5. The van der Waals surface area contributed by atoms with Gasteiger partial charge in [-0.05, 0) is 31.9 Å². The minimum absolute atomic E-state index is 0.263. The number of aryl methyl sites for hydroxylation is 3. The zero-order chi connectivity index (χ0) is 17.3. The number of carbonyl (C=O) groups is 1. The van der Waals surface area contributed by atoms with Crippen molar-refractivity contribution in [3.63, 3.8) is 0 Å². The third-order valence-electron chi connectivity index (χ3n) is 3.67. The van der Waals surface area contributed by atoms with Gasteiger partial charge in [-0.3, -0.25) is 10.1 Å². The van der Waals surface area contributed by atoms with Gasteiger partial charge < -0.3 is 4.52 Å². The lowest BCUT2D eigenvalue weighted by Gasteiger charge is -2.04. The summed E-state index contributed by atoms with van der Waals surface area (Å²) >= 11 is 7.76. The van der Waals surface area contributed by atoms with Crippen LogP contribution in [0, 0.1) is 20.8 Å². The Hall–Kier alpha value is -2.18. The van der Waals surface area contributed by atoms with Crippen molar-refractivity contribution in [1.82, 2.24) is 10.1 Å². The molecular formula is C17H16ClN3O2S. The Kier molecular flexibility index (Phi) is 4.69. The Labute approximate surface area is 148 Å². The summed E-state index contributed by atoms with van der Waals surface area (Å²) in [5.41, 5.74) is 3.11. The molecule has 5 nitrogen and oxygen atoms in total. The Morgan fingerprint density at radius 1 is 1.33 bits per heavy atom. The lowest BCUT2D eigenvalue weighted by Crippen LogP contribution is -2.13. The zero-order valence-electron chi connectivity index (χ0n) is 13.5. The van der Waals surface area contributed by atoms with Gasteiger partial charge in [-0.25, -0.2) is 4.98 Å². The molecule has 3 aromatic rings. The lowest BCUT2D eigenvalue weighted by molar-refractivity contribution is 0.102. The molecule has 2 heterocycles. The molecule has 0 radical (unpaired) electrons. The Bertz CT molecular complexity index is 882. The molecule has 1 N–H and O–H groups in total. The second-order valence-electron chi connectivity index (χ2n) is 5.51. The van der Waals surface area contributed by atoms with Crippen molar-refractivity contribution in [2.24, 2.45) is 0 Å². The first kappa shape index (κ1) is 16.7. The molecule has 0 atom stereocenters. The number of hydrogen-bond acceptors (Lipinski definition) is 5. The molecule has 0 spiro atoms. The highest BCUT2D eigenvalue weighted by molar-refractivity contribution is 7.15. The van der Waals surface area contributed by atoms with Gasteiger partial charge in [0, 0.05) is 22.5 Å². The quantitative estimate of drug-likeness (QED) is 0.740. The van der Waals surface area contributed by atoms with Crippen molar-refractivity contribution in [2.45, 2.75) is 27.2 Å². The molecule has 0 fully saturated rings. The first-order valence-corrected chi connectivity index (χ1v) is 8.58. The fourth-order valence-electron chi connectivity index (χ4n) is 2.45. The molecule has 0 saturated heterocycles. The average molecular weight is 362 g/mol. The summed E-state index contributed by atoms with van der Waals surface area (Å²) in [4.78, 5) is 17.6. The summed E-state index contributed by atoms with van der Waals surface area (Å²) in [6.45, 7) is 5.42. The highest BCUT2D eigenvalue weighted by atomic mass is 35.5. The van der Waals surface area contributed by atoms with E-state index in [4.69, 9.17) is 16.1 Å². The summed E-state index contributed by atoms with van der Waals surface area (Å²) in [6, 6.07) is 5.96. The Balaban J connectivity index is 1.74. The highest BCUT2D eigenvalue weighted by Crippen LogP contribution is 2.27. The van der Waals surface area contributed by atoms with Crippen LogP contribution < -0.4 is 5.32 Å². The van der Waals surface area contributed by atoms with Crippen LogP contribution in [0.25, 0.3) is 0 Å². The van der Waals surface area contributed by atoms with E-state index in [1.807, 2.05) is 25.1 Å². The topological polar surface area (TPSA) is 68.0 Å². The van der Waals surface area contributed by atoms with E-state index in [1.54, 1.807) is 20.0 Å². The summed E-state index contributed by atoms with van der Waals surface area (Å²) in [6.07, 6.45) is 2.44. The Morgan fingerprint density at radius 2 is 2.12 bits per heavy atom. The molecule has 1 amide bonds. The van der Waals surface area contributed by atoms with Crippen LogP contribution in [0.5, 0.6) is 0 Å². The van der Waals surface area contributed by atoms with E-state index in [0.717, 1.165) is 21.0 Å². The van der Waals surface area contributed by atoms with E-state index >= 15 is 0 Å². The predicted molar refractivity (Wildman–Crippen MR) is 95.0 cm³/mol. The van der Waals surface area contributed by atoms with Gasteiger partial charge in [-0.15, -0.1) is 11.3 Å². The average Bonchev–Trinajstić information content (AvgIpc) is 3.10. The maximum Gasteiger partial charge on any atom is 0.262 e. The number of amides is 1. The molecule has 1 aromatic carbocycles.